The molecule has 0 amide bonds. The fourth-order valence-electron chi connectivity index (χ4n) is 3.67. The highest BCUT2D eigenvalue weighted by Gasteiger charge is 2.48. The minimum absolute atomic E-state index is 0.0233. The molecule has 4 nitrogen and oxygen atoms in total. The van der Waals surface area contributed by atoms with Crippen LogP contribution in [0.2, 0.25) is 12.6 Å². The van der Waals surface area contributed by atoms with E-state index in [0.29, 0.717) is 32.2 Å². The smallest absolute Gasteiger partial charge is 0.273 e. The lowest BCUT2D eigenvalue weighted by atomic mass is 9.40. The fraction of sp³-hybridized carbons (Fsp3) is 0.316. The Morgan fingerprint density at radius 3 is 2.83 bits per heavy atom. The average molecular weight is 432 g/mol. The second kappa shape index (κ2) is 7.46. The second-order valence-electron chi connectivity index (χ2n) is 7.11. The molecule has 2 N–H and O–H groups in total. The zero-order chi connectivity index (χ0) is 20.8. The average Bonchev–Trinajstić information content (AvgIpc) is 3.23. The summed E-state index contributed by atoms with van der Waals surface area (Å²) in [5.74, 6) is -2.37. The summed E-state index contributed by atoms with van der Waals surface area (Å²) in [6.45, 7) is -0.590. The van der Waals surface area contributed by atoms with Crippen molar-refractivity contribution in [3.8, 4) is 16.5 Å². The second-order valence-corrected chi connectivity index (χ2v) is 9.20. The van der Waals surface area contributed by atoms with E-state index in [1.165, 1.54) is 35.0 Å². The van der Waals surface area contributed by atoms with Crippen molar-refractivity contribution in [1.29, 1.82) is 5.26 Å². The van der Waals surface area contributed by atoms with Gasteiger partial charge in [0.2, 0.25) is 0 Å². The van der Waals surface area contributed by atoms with Gasteiger partial charge in [-0.05, 0) is 24.6 Å². The topological polar surface area (TPSA) is 75.1 Å². The van der Waals surface area contributed by atoms with Gasteiger partial charge in [0.05, 0.1) is 16.3 Å². The van der Waals surface area contributed by atoms with E-state index < -0.39 is 30.7 Å². The number of aromatic nitrogens is 1. The van der Waals surface area contributed by atoms with Crippen molar-refractivity contribution in [3.05, 3.63) is 34.5 Å². The van der Waals surface area contributed by atoms with E-state index in [-0.39, 0.29) is 12.1 Å². The summed E-state index contributed by atoms with van der Waals surface area (Å²) in [6.07, 6.45) is 1.85. The van der Waals surface area contributed by atoms with Crippen LogP contribution in [-0.2, 0) is 0 Å². The minimum Gasteiger partial charge on any atom is -0.396 e. The quantitative estimate of drug-likeness (QED) is 0.339. The molecule has 0 radical (unpaired) electrons. The molecule has 1 atom stereocenters. The number of halogens is 3. The van der Waals surface area contributed by atoms with Crippen molar-refractivity contribution in [2.75, 3.05) is 12.8 Å². The van der Waals surface area contributed by atoms with Crippen LogP contribution in [0.25, 0.3) is 20.1 Å². The lowest BCUT2D eigenvalue weighted by Gasteiger charge is -2.31. The number of fused-ring (bicyclic) bond motifs is 1. The lowest BCUT2D eigenvalue weighted by molar-refractivity contribution is -0.0133. The number of nitrogen functional groups attached to an aromatic ring is 1. The number of thiophene rings is 1. The molecule has 148 valence electrons. The van der Waals surface area contributed by atoms with Gasteiger partial charge < -0.3 is 5.73 Å². The molecule has 0 spiro atoms. The molecule has 3 heterocycles. The number of nitriles is 1. The zero-order valence-electron chi connectivity index (χ0n) is 15.5. The number of nitrogens with zero attached hydrogens (tertiary/aromatic N) is 3. The lowest BCUT2D eigenvalue weighted by Crippen LogP contribution is -2.36. The number of hydrogen-bond donors (Lipinski definition) is 1. The van der Waals surface area contributed by atoms with Crippen LogP contribution in [0.4, 0.5) is 18.9 Å². The van der Waals surface area contributed by atoms with Crippen LogP contribution in [0, 0.1) is 17.0 Å². The van der Waals surface area contributed by atoms with Crippen LogP contribution in [0.15, 0.2) is 23.2 Å². The number of anilines is 1. The van der Waals surface area contributed by atoms with Gasteiger partial charge in [-0.3, -0.25) is 4.99 Å². The van der Waals surface area contributed by atoms with Crippen molar-refractivity contribution >= 4 is 50.8 Å². The molecule has 1 unspecified atom stereocenters. The molecule has 4 rings (SSSR count). The van der Waals surface area contributed by atoms with Crippen LogP contribution >= 0.6 is 22.7 Å². The van der Waals surface area contributed by atoms with E-state index in [1.807, 2.05) is 5.97 Å². The third-order valence-corrected chi connectivity index (χ3v) is 7.47. The molecule has 10 heteroatoms. The van der Waals surface area contributed by atoms with Gasteiger partial charge in [0, 0.05) is 41.6 Å². The normalized spacial score (nSPS) is 19.1. The van der Waals surface area contributed by atoms with Gasteiger partial charge >= 0.3 is 0 Å². The van der Waals surface area contributed by atoms with E-state index in [1.54, 1.807) is 19.2 Å². The Labute approximate surface area is 174 Å². The molecule has 0 saturated carbocycles. The summed E-state index contributed by atoms with van der Waals surface area (Å²) < 4.78 is 44.0. The van der Waals surface area contributed by atoms with Crippen molar-refractivity contribution in [3.63, 3.8) is 0 Å². The number of rotatable bonds is 3. The van der Waals surface area contributed by atoms with Crippen molar-refractivity contribution in [2.24, 2.45) is 4.99 Å². The van der Waals surface area contributed by atoms with Gasteiger partial charge in [0.15, 0.2) is 0 Å². The highest BCUT2D eigenvalue weighted by Crippen LogP contribution is 2.49. The minimum atomic E-state index is -2.90. The van der Waals surface area contributed by atoms with E-state index in [9.17, 15) is 13.2 Å². The molecule has 1 saturated heterocycles. The Morgan fingerprint density at radius 2 is 2.17 bits per heavy atom. The van der Waals surface area contributed by atoms with Crippen LogP contribution < -0.4 is 5.73 Å². The molecule has 1 aromatic carbocycles. The largest absolute Gasteiger partial charge is 0.396 e. The summed E-state index contributed by atoms with van der Waals surface area (Å²) >= 11 is 2.58. The van der Waals surface area contributed by atoms with Crippen LogP contribution in [0.1, 0.15) is 22.8 Å². The molecule has 1 aliphatic rings. The number of nitrogens with two attached hydrogens (primary N) is 1. The van der Waals surface area contributed by atoms with E-state index in [4.69, 9.17) is 11.0 Å². The van der Waals surface area contributed by atoms with Crippen molar-refractivity contribution < 1.29 is 13.2 Å². The summed E-state index contributed by atoms with van der Waals surface area (Å²) in [7, 11) is 1.57. The summed E-state index contributed by atoms with van der Waals surface area (Å²) in [5, 5.41) is 9.56. The third kappa shape index (κ3) is 3.65. The number of thiazole rings is 1. The molecule has 0 bridgehead atoms. The maximum Gasteiger partial charge on any atom is 0.273 e. The first kappa shape index (κ1) is 19.9. The molecule has 1 aliphatic heterocycles. The SMILES string of the molecule is CN=Cc1cc(-c2nc3sc(C4CCB(C#N)CC4(F)F)cc3s2)cc(F)c1N. The highest BCUT2D eigenvalue weighted by molar-refractivity contribution is 7.28. The number of benzene rings is 1. The van der Waals surface area contributed by atoms with Crippen LogP contribution in [0.3, 0.4) is 0 Å². The predicted molar refractivity (Wildman–Crippen MR) is 114 cm³/mol. The standard InChI is InChI=1S/C19H16BF3N4S2/c1-26-7-11-4-10(5-13(21)16(11)25)17-27-18-15(29-17)6-14(28-18)12-2-3-20(9-24)8-19(12,22)23/h4-7,12H,2-3,8,25H2,1H3. The van der Waals surface area contributed by atoms with Crippen LogP contribution in [0.5, 0.6) is 0 Å². The fourth-order valence-corrected chi connectivity index (χ4v) is 6.08. The van der Waals surface area contributed by atoms with E-state index in [2.05, 4.69) is 9.98 Å². The number of hydrogen-bond acceptors (Lipinski definition) is 6. The van der Waals surface area contributed by atoms with Gasteiger partial charge in [0.25, 0.3) is 12.6 Å². The monoisotopic (exact) mass is 432 g/mol. The van der Waals surface area contributed by atoms with E-state index in [0.717, 1.165) is 4.70 Å². The van der Waals surface area contributed by atoms with Gasteiger partial charge in [-0.2, -0.15) is 0 Å². The summed E-state index contributed by atoms with van der Waals surface area (Å²) in [6, 6.07) is 4.80. The third-order valence-electron chi connectivity index (χ3n) is 5.14. The molecule has 3 aromatic rings. The maximum atomic E-state index is 14.5. The maximum absolute atomic E-state index is 14.5. The van der Waals surface area contributed by atoms with Crippen LogP contribution in [-0.4, -0.2) is 30.9 Å². The van der Waals surface area contributed by atoms with E-state index >= 15 is 0 Å². The Kier molecular flexibility index (Phi) is 5.13. The van der Waals surface area contributed by atoms with Crippen molar-refractivity contribution in [2.45, 2.75) is 30.9 Å². The summed E-state index contributed by atoms with van der Waals surface area (Å²) in [5.41, 5.74) is 6.81. The molecular weight excluding hydrogens is 416 g/mol. The Hall–Kier alpha value is -2.38. The first-order valence-corrected chi connectivity index (χ1v) is 10.6. The van der Waals surface area contributed by atoms with Crippen molar-refractivity contribution in [1.82, 2.24) is 4.98 Å². The molecule has 2 aromatic heterocycles. The van der Waals surface area contributed by atoms with Gasteiger partial charge in [-0.25, -0.2) is 23.4 Å². The highest BCUT2D eigenvalue weighted by atomic mass is 32.1. The Bertz CT molecular complexity index is 1120. The Balaban J connectivity index is 1.67. The first-order chi connectivity index (χ1) is 13.8. The van der Waals surface area contributed by atoms with Gasteiger partial charge in [-0.15, -0.1) is 22.7 Å². The molecule has 0 aliphatic carbocycles. The number of aliphatic imine (C=N–C) groups is 1. The molecule has 1 fully saturated rings. The summed E-state index contributed by atoms with van der Waals surface area (Å²) in [4.78, 5) is 9.67. The Morgan fingerprint density at radius 1 is 1.38 bits per heavy atom. The predicted octanol–water partition coefficient (Wildman–Crippen LogP) is 5.47. The number of alkyl halides is 2. The molecular formula is C19H16BF3N4S2. The zero-order valence-corrected chi connectivity index (χ0v) is 17.1. The van der Waals surface area contributed by atoms with Gasteiger partial charge in [0.1, 0.15) is 15.7 Å². The molecule has 29 heavy (non-hydrogen) atoms. The first-order valence-electron chi connectivity index (χ1n) is 9.01. The van der Waals surface area contributed by atoms with Gasteiger partial charge in [-0.1, -0.05) is 6.32 Å².